The summed E-state index contributed by atoms with van der Waals surface area (Å²) in [6.07, 6.45) is 5.45. The van der Waals surface area contributed by atoms with E-state index in [-0.39, 0.29) is 4.75 Å². The van der Waals surface area contributed by atoms with Gasteiger partial charge in [0, 0.05) is 17.0 Å². The van der Waals surface area contributed by atoms with Crippen LogP contribution in [-0.2, 0) is 12.8 Å². The molecule has 2 rings (SSSR count). The molecule has 0 saturated carbocycles. The first-order valence-electron chi connectivity index (χ1n) is 6.54. The van der Waals surface area contributed by atoms with E-state index in [4.69, 9.17) is 22.9 Å². The van der Waals surface area contributed by atoms with E-state index in [9.17, 15) is 0 Å². The number of hydrogen-bond acceptors (Lipinski definition) is 4. The van der Waals surface area contributed by atoms with Gasteiger partial charge in [-0.15, -0.1) is 0 Å². The third-order valence-electron chi connectivity index (χ3n) is 3.55. The lowest BCUT2D eigenvalue weighted by Crippen LogP contribution is -2.27. The second kappa shape index (κ2) is 5.67. The molecule has 0 aliphatic heterocycles. The van der Waals surface area contributed by atoms with Crippen LogP contribution in [0.1, 0.15) is 37.1 Å². The number of pyridine rings is 1. The number of fused-ring (bicyclic) bond motifs is 1. The number of nitrogens with zero attached hydrogens (tertiary/aromatic N) is 1. The molecule has 104 valence electrons. The zero-order chi connectivity index (χ0) is 14.0. The molecule has 1 aliphatic rings. The lowest BCUT2D eigenvalue weighted by atomic mass is 10.1. The minimum atomic E-state index is 0.161. The van der Waals surface area contributed by atoms with Gasteiger partial charge >= 0.3 is 0 Å². The number of hydrogen-bond donors (Lipinski definition) is 2. The van der Waals surface area contributed by atoms with Crippen LogP contribution in [-0.4, -0.2) is 27.5 Å². The van der Waals surface area contributed by atoms with Crippen molar-refractivity contribution < 1.29 is 0 Å². The lowest BCUT2D eigenvalue weighted by molar-refractivity contribution is 0.749. The first-order valence-corrected chi connectivity index (χ1v) is 8.18. The molecule has 19 heavy (non-hydrogen) atoms. The van der Waals surface area contributed by atoms with Crippen molar-refractivity contribution in [2.45, 2.75) is 37.9 Å². The second-order valence-electron chi connectivity index (χ2n) is 5.53. The number of anilines is 1. The molecule has 1 heterocycles. The zero-order valence-corrected chi connectivity index (χ0v) is 13.4. The van der Waals surface area contributed by atoms with Crippen LogP contribution in [0.5, 0.6) is 0 Å². The van der Waals surface area contributed by atoms with Crippen LogP contribution in [0.25, 0.3) is 0 Å². The Bertz CT molecular complexity index is 498. The quantitative estimate of drug-likeness (QED) is 0.818. The minimum Gasteiger partial charge on any atom is -0.389 e. The van der Waals surface area contributed by atoms with Gasteiger partial charge in [-0.25, -0.2) is 4.98 Å². The average molecular weight is 295 g/mol. The number of aryl methyl sites for hydroxylation is 2. The smallest absolute Gasteiger partial charge is 0.136 e. The standard InChI is InChI=1S/C14H21N3S2/c1-14(2,19-3)8-16-13-10(12(15)18)7-9-5-4-6-11(9)17-13/h7H,4-6,8H2,1-3H3,(H2,15,18)(H,16,17). The number of nitrogens with two attached hydrogens (primary N) is 1. The highest BCUT2D eigenvalue weighted by atomic mass is 32.2. The van der Waals surface area contributed by atoms with Crippen molar-refractivity contribution in [2.24, 2.45) is 5.73 Å². The van der Waals surface area contributed by atoms with Gasteiger partial charge in [-0.05, 0) is 51.0 Å². The van der Waals surface area contributed by atoms with Crippen LogP contribution in [0.2, 0.25) is 0 Å². The minimum absolute atomic E-state index is 0.161. The van der Waals surface area contributed by atoms with Gasteiger partial charge in [-0.3, -0.25) is 0 Å². The Morgan fingerprint density at radius 1 is 1.53 bits per heavy atom. The lowest BCUT2D eigenvalue weighted by Gasteiger charge is -2.23. The molecule has 3 N–H and O–H groups in total. The SMILES string of the molecule is CSC(C)(C)CNc1nc2c(cc1C(N)=S)CCC2. The van der Waals surface area contributed by atoms with Crippen molar-refractivity contribution in [1.29, 1.82) is 0 Å². The van der Waals surface area contributed by atoms with E-state index >= 15 is 0 Å². The van der Waals surface area contributed by atoms with Crippen molar-refractivity contribution >= 4 is 34.8 Å². The van der Waals surface area contributed by atoms with Crippen molar-refractivity contribution in [2.75, 3.05) is 18.1 Å². The fraction of sp³-hybridized carbons (Fsp3) is 0.571. The predicted octanol–water partition coefficient (Wildman–Crippen LogP) is 2.76. The number of rotatable bonds is 5. The molecular formula is C14H21N3S2. The first-order chi connectivity index (χ1) is 8.93. The molecule has 3 nitrogen and oxygen atoms in total. The Morgan fingerprint density at radius 3 is 2.89 bits per heavy atom. The van der Waals surface area contributed by atoms with E-state index in [1.807, 2.05) is 11.8 Å². The van der Waals surface area contributed by atoms with Crippen molar-refractivity contribution in [3.63, 3.8) is 0 Å². The fourth-order valence-electron chi connectivity index (χ4n) is 2.16. The number of thiocarbonyl (C=S) groups is 1. The number of thioether (sulfide) groups is 1. The molecule has 0 radical (unpaired) electrons. The van der Waals surface area contributed by atoms with E-state index in [1.165, 1.54) is 17.7 Å². The van der Waals surface area contributed by atoms with Crippen molar-refractivity contribution in [3.05, 3.63) is 22.9 Å². The summed E-state index contributed by atoms with van der Waals surface area (Å²) in [6.45, 7) is 5.26. The van der Waals surface area contributed by atoms with Gasteiger partial charge in [0.2, 0.25) is 0 Å². The Labute approximate surface area is 124 Å². The summed E-state index contributed by atoms with van der Waals surface area (Å²) in [5.41, 5.74) is 9.21. The van der Waals surface area contributed by atoms with Gasteiger partial charge in [0.1, 0.15) is 10.8 Å². The third-order valence-corrected chi connectivity index (χ3v) is 5.02. The molecule has 0 saturated heterocycles. The molecule has 0 unspecified atom stereocenters. The van der Waals surface area contributed by atoms with Crippen molar-refractivity contribution in [3.8, 4) is 0 Å². The molecule has 1 aromatic heterocycles. The fourth-order valence-corrected chi connectivity index (χ4v) is 2.54. The van der Waals surface area contributed by atoms with Crippen LogP contribution in [0.4, 0.5) is 5.82 Å². The van der Waals surface area contributed by atoms with Gasteiger partial charge in [-0.2, -0.15) is 11.8 Å². The van der Waals surface area contributed by atoms with Crippen LogP contribution in [0.15, 0.2) is 6.07 Å². The maximum absolute atomic E-state index is 5.83. The predicted molar refractivity (Wildman–Crippen MR) is 88.2 cm³/mol. The maximum atomic E-state index is 5.83. The Kier molecular flexibility index (Phi) is 4.36. The molecule has 0 amide bonds. The van der Waals surface area contributed by atoms with Gasteiger partial charge in [-0.1, -0.05) is 12.2 Å². The summed E-state index contributed by atoms with van der Waals surface area (Å²) in [5.74, 6) is 0.843. The van der Waals surface area contributed by atoms with E-state index in [2.05, 4.69) is 31.5 Å². The number of nitrogens with one attached hydrogen (secondary N) is 1. The maximum Gasteiger partial charge on any atom is 0.136 e. The Balaban J connectivity index is 2.26. The van der Waals surface area contributed by atoms with Gasteiger partial charge in [0.15, 0.2) is 0 Å². The van der Waals surface area contributed by atoms with E-state index in [0.717, 1.165) is 30.8 Å². The summed E-state index contributed by atoms with van der Waals surface area (Å²) in [7, 11) is 0. The normalized spacial score (nSPS) is 14.3. The first kappa shape index (κ1) is 14.6. The monoisotopic (exact) mass is 295 g/mol. The summed E-state index contributed by atoms with van der Waals surface area (Å²) >= 11 is 6.98. The highest BCUT2D eigenvalue weighted by Crippen LogP contribution is 2.27. The third kappa shape index (κ3) is 3.39. The largest absolute Gasteiger partial charge is 0.389 e. The van der Waals surface area contributed by atoms with Crippen LogP contribution >= 0.6 is 24.0 Å². The topological polar surface area (TPSA) is 50.9 Å². The van der Waals surface area contributed by atoms with E-state index in [0.29, 0.717) is 4.99 Å². The Morgan fingerprint density at radius 2 is 2.26 bits per heavy atom. The summed E-state index contributed by atoms with van der Waals surface area (Å²) in [6, 6.07) is 2.12. The average Bonchev–Trinajstić information content (AvgIpc) is 2.82. The molecular weight excluding hydrogens is 274 g/mol. The van der Waals surface area contributed by atoms with E-state index in [1.54, 1.807) is 0 Å². The highest BCUT2D eigenvalue weighted by molar-refractivity contribution is 7.99. The molecule has 0 atom stereocenters. The van der Waals surface area contributed by atoms with Gasteiger partial charge in [0.25, 0.3) is 0 Å². The van der Waals surface area contributed by atoms with Crippen LogP contribution < -0.4 is 11.1 Å². The van der Waals surface area contributed by atoms with Crippen LogP contribution in [0.3, 0.4) is 0 Å². The van der Waals surface area contributed by atoms with Crippen molar-refractivity contribution in [1.82, 2.24) is 4.98 Å². The highest BCUT2D eigenvalue weighted by Gasteiger charge is 2.20. The molecule has 0 aromatic carbocycles. The van der Waals surface area contributed by atoms with Gasteiger partial charge < -0.3 is 11.1 Å². The number of aromatic nitrogens is 1. The second-order valence-corrected chi connectivity index (χ2v) is 7.48. The zero-order valence-electron chi connectivity index (χ0n) is 11.7. The van der Waals surface area contributed by atoms with Gasteiger partial charge in [0.05, 0.1) is 5.56 Å². The summed E-state index contributed by atoms with van der Waals surface area (Å²) < 4.78 is 0.161. The molecule has 0 fully saturated rings. The Hall–Kier alpha value is -0.810. The molecule has 1 aliphatic carbocycles. The van der Waals surface area contributed by atoms with Crippen LogP contribution in [0, 0.1) is 0 Å². The molecule has 0 spiro atoms. The summed E-state index contributed by atoms with van der Waals surface area (Å²) in [5, 5.41) is 3.42. The summed E-state index contributed by atoms with van der Waals surface area (Å²) in [4.78, 5) is 5.15. The molecule has 1 aromatic rings. The van der Waals surface area contributed by atoms with E-state index < -0.39 is 0 Å². The molecule has 0 bridgehead atoms. The molecule has 5 heteroatoms.